The Morgan fingerprint density at radius 2 is 2.10 bits per heavy atom. The first-order chi connectivity index (χ1) is 9.72. The van der Waals surface area contributed by atoms with E-state index in [0.29, 0.717) is 0 Å². The summed E-state index contributed by atoms with van der Waals surface area (Å²) in [6.07, 6.45) is 1.91. The molecule has 0 radical (unpaired) electrons. The molecule has 1 aliphatic heterocycles. The van der Waals surface area contributed by atoms with Crippen molar-refractivity contribution >= 4 is 29.6 Å². The van der Waals surface area contributed by atoms with Gasteiger partial charge in [-0.3, -0.25) is 14.5 Å². The average molecular weight is 317 g/mol. The van der Waals surface area contributed by atoms with Crippen molar-refractivity contribution < 1.29 is 19.5 Å². The van der Waals surface area contributed by atoms with Crippen molar-refractivity contribution in [2.45, 2.75) is 44.0 Å². The molecule has 0 saturated carbocycles. The summed E-state index contributed by atoms with van der Waals surface area (Å²) in [5.41, 5.74) is -0.915. The molecule has 1 fully saturated rings. The van der Waals surface area contributed by atoms with Gasteiger partial charge < -0.3 is 15.7 Å². The van der Waals surface area contributed by atoms with Gasteiger partial charge in [0.2, 0.25) is 5.91 Å². The van der Waals surface area contributed by atoms with Crippen LogP contribution >= 0.6 is 11.8 Å². The second-order valence-electron chi connectivity index (χ2n) is 5.57. The lowest BCUT2D eigenvalue weighted by atomic mass is 10.1. The smallest absolute Gasteiger partial charge is 0.325 e. The van der Waals surface area contributed by atoms with Gasteiger partial charge in [0.25, 0.3) is 5.91 Å². The predicted molar refractivity (Wildman–Crippen MR) is 80.9 cm³/mol. The molecule has 0 aliphatic carbocycles. The van der Waals surface area contributed by atoms with E-state index in [1.807, 2.05) is 13.2 Å². The van der Waals surface area contributed by atoms with Crippen LogP contribution in [0, 0.1) is 0 Å². The number of hydrogen-bond acceptors (Lipinski definition) is 5. The van der Waals surface area contributed by atoms with Gasteiger partial charge in [0.15, 0.2) is 0 Å². The van der Waals surface area contributed by atoms with Crippen LogP contribution in [0.5, 0.6) is 0 Å². The topological polar surface area (TPSA) is 98.7 Å². The summed E-state index contributed by atoms with van der Waals surface area (Å²) in [4.78, 5) is 36.5. The number of hydrogen-bond donors (Lipinski definition) is 3. The van der Waals surface area contributed by atoms with Crippen molar-refractivity contribution in [2.24, 2.45) is 0 Å². The fraction of sp³-hybridized carbons (Fsp3) is 0.769. The minimum Gasteiger partial charge on any atom is -0.395 e. The average Bonchev–Trinajstić information content (AvgIpc) is 2.58. The maximum Gasteiger partial charge on any atom is 0.325 e. The third-order valence-electron chi connectivity index (χ3n) is 3.44. The number of carbonyl (C=O) groups excluding carboxylic acids is 3. The van der Waals surface area contributed by atoms with Gasteiger partial charge >= 0.3 is 6.03 Å². The van der Waals surface area contributed by atoms with Gasteiger partial charge in [-0.05, 0) is 27.0 Å². The van der Waals surface area contributed by atoms with Gasteiger partial charge in [0.05, 0.1) is 6.61 Å². The maximum absolute atomic E-state index is 11.9. The van der Waals surface area contributed by atoms with Crippen molar-refractivity contribution in [1.82, 2.24) is 15.5 Å². The number of aliphatic hydroxyl groups is 1. The summed E-state index contributed by atoms with van der Waals surface area (Å²) in [7, 11) is 0. The highest BCUT2D eigenvalue weighted by molar-refractivity contribution is 7.99. The minimum atomic E-state index is -0.915. The van der Waals surface area contributed by atoms with E-state index in [4.69, 9.17) is 5.11 Å². The quantitative estimate of drug-likeness (QED) is 0.571. The third kappa shape index (κ3) is 4.34. The Balaban J connectivity index is 2.47. The molecule has 120 valence electrons. The number of rotatable bonds is 7. The van der Waals surface area contributed by atoms with E-state index in [1.165, 1.54) is 11.8 Å². The highest BCUT2D eigenvalue weighted by atomic mass is 32.2. The molecule has 21 heavy (non-hydrogen) atoms. The molecule has 3 N–H and O–H groups in total. The Kier molecular flexibility index (Phi) is 6.03. The molecule has 0 spiro atoms. The van der Waals surface area contributed by atoms with E-state index in [1.54, 1.807) is 13.8 Å². The Hall–Kier alpha value is -1.28. The number of aliphatic hydroxyl groups excluding tert-OH is 1. The predicted octanol–water partition coefficient (Wildman–Crippen LogP) is -0.0645. The van der Waals surface area contributed by atoms with Crippen LogP contribution in [0.4, 0.5) is 4.79 Å². The van der Waals surface area contributed by atoms with Crippen LogP contribution < -0.4 is 10.6 Å². The second-order valence-corrected chi connectivity index (χ2v) is 6.65. The zero-order valence-corrected chi connectivity index (χ0v) is 13.6. The zero-order chi connectivity index (χ0) is 16.2. The van der Waals surface area contributed by atoms with Crippen molar-refractivity contribution in [3.05, 3.63) is 0 Å². The molecular formula is C13H23N3O4S. The first-order valence-electron chi connectivity index (χ1n) is 6.80. The Morgan fingerprint density at radius 3 is 2.52 bits per heavy atom. The van der Waals surface area contributed by atoms with Crippen LogP contribution in [-0.4, -0.2) is 64.1 Å². The molecule has 1 heterocycles. The molecule has 1 rings (SSSR count). The van der Waals surface area contributed by atoms with E-state index < -0.39 is 11.6 Å². The number of nitrogens with one attached hydrogen (secondary N) is 2. The fourth-order valence-corrected chi connectivity index (χ4v) is 2.72. The molecule has 0 aromatic carbocycles. The summed E-state index contributed by atoms with van der Waals surface area (Å²) < 4.78 is 0. The molecule has 0 aromatic heterocycles. The zero-order valence-electron chi connectivity index (χ0n) is 12.8. The first kappa shape index (κ1) is 17.8. The molecule has 4 amide bonds. The maximum atomic E-state index is 11.9. The molecule has 2 atom stereocenters. The number of urea groups is 1. The number of carbonyl (C=O) groups is 3. The molecule has 8 heteroatoms. The summed E-state index contributed by atoms with van der Waals surface area (Å²) in [6.45, 7) is 5.09. The monoisotopic (exact) mass is 317 g/mol. The summed E-state index contributed by atoms with van der Waals surface area (Å²) in [6, 6.07) is -0.653. The van der Waals surface area contributed by atoms with Gasteiger partial charge in [-0.1, -0.05) is 0 Å². The number of nitrogens with zero attached hydrogens (tertiary/aromatic N) is 1. The van der Waals surface area contributed by atoms with Crippen LogP contribution in [0.1, 0.15) is 27.2 Å². The number of imide groups is 1. The van der Waals surface area contributed by atoms with Crippen molar-refractivity contribution in [3.8, 4) is 0 Å². The molecular weight excluding hydrogens is 294 g/mol. The molecule has 0 bridgehead atoms. The fourth-order valence-electron chi connectivity index (χ4n) is 2.09. The van der Waals surface area contributed by atoms with Gasteiger partial charge in [0.1, 0.15) is 5.54 Å². The van der Waals surface area contributed by atoms with Gasteiger partial charge in [-0.25, -0.2) is 4.79 Å². The van der Waals surface area contributed by atoms with Gasteiger partial charge in [-0.15, -0.1) is 0 Å². The Labute approximate surface area is 128 Å². The van der Waals surface area contributed by atoms with E-state index >= 15 is 0 Å². The molecule has 7 nitrogen and oxygen atoms in total. The van der Waals surface area contributed by atoms with Crippen LogP contribution in [0.15, 0.2) is 0 Å². The standard InChI is InChI=1S/C13H23N3O4S/c1-8(9(7-17)21-4)14-10(18)5-6-16-11(19)13(2,3)15-12(16)20/h8-9,17H,5-7H2,1-4H3,(H,14,18)(H,15,20). The van der Waals surface area contributed by atoms with Crippen LogP contribution in [0.2, 0.25) is 0 Å². The molecule has 1 aliphatic rings. The normalized spacial score (nSPS) is 20.1. The lowest BCUT2D eigenvalue weighted by Gasteiger charge is -2.22. The Morgan fingerprint density at radius 1 is 1.48 bits per heavy atom. The van der Waals surface area contributed by atoms with E-state index in [2.05, 4.69) is 10.6 Å². The summed E-state index contributed by atoms with van der Waals surface area (Å²) in [5.74, 6) is -0.578. The largest absolute Gasteiger partial charge is 0.395 e. The van der Waals surface area contributed by atoms with E-state index in [-0.39, 0.29) is 42.7 Å². The first-order valence-corrected chi connectivity index (χ1v) is 8.09. The second kappa shape index (κ2) is 7.13. The molecule has 1 saturated heterocycles. The highest BCUT2D eigenvalue weighted by Gasteiger charge is 2.44. The van der Waals surface area contributed by atoms with Crippen molar-refractivity contribution in [3.63, 3.8) is 0 Å². The van der Waals surface area contributed by atoms with Crippen molar-refractivity contribution in [2.75, 3.05) is 19.4 Å². The molecule has 0 aromatic rings. The minimum absolute atomic E-state index is 0.0240. The Bertz CT molecular complexity index is 424. The van der Waals surface area contributed by atoms with Crippen LogP contribution in [-0.2, 0) is 9.59 Å². The summed E-state index contributed by atoms with van der Waals surface area (Å²) >= 11 is 1.47. The lowest BCUT2D eigenvalue weighted by Crippen LogP contribution is -2.43. The lowest BCUT2D eigenvalue weighted by molar-refractivity contribution is -0.130. The molecule has 2 unspecified atom stereocenters. The SMILES string of the molecule is CSC(CO)C(C)NC(=O)CCN1C(=O)NC(C)(C)C1=O. The van der Waals surface area contributed by atoms with Crippen LogP contribution in [0.25, 0.3) is 0 Å². The van der Waals surface area contributed by atoms with Crippen molar-refractivity contribution in [1.29, 1.82) is 0 Å². The van der Waals surface area contributed by atoms with Gasteiger partial charge in [-0.2, -0.15) is 11.8 Å². The highest BCUT2D eigenvalue weighted by Crippen LogP contribution is 2.16. The number of amides is 4. The van der Waals surface area contributed by atoms with E-state index in [9.17, 15) is 14.4 Å². The van der Waals surface area contributed by atoms with Crippen LogP contribution in [0.3, 0.4) is 0 Å². The van der Waals surface area contributed by atoms with E-state index in [0.717, 1.165) is 4.90 Å². The number of thioether (sulfide) groups is 1. The third-order valence-corrected chi connectivity index (χ3v) is 4.60. The summed E-state index contributed by atoms with van der Waals surface area (Å²) in [5, 5.41) is 14.4. The van der Waals surface area contributed by atoms with Gasteiger partial charge in [0, 0.05) is 24.3 Å².